The number of rotatable bonds is 5. The molecule has 0 saturated heterocycles. The predicted octanol–water partition coefficient (Wildman–Crippen LogP) is 5.62. The third kappa shape index (κ3) is 4.95. The number of hydrogen-bond acceptors (Lipinski definition) is 5. The number of thiophene rings is 1. The molecule has 0 saturated carbocycles. The molecule has 0 spiro atoms. The number of carbonyl (C=O) groups excluding carboxylic acids is 3. The van der Waals surface area contributed by atoms with Gasteiger partial charge in [0.25, 0.3) is 11.8 Å². The highest BCUT2D eigenvalue weighted by Crippen LogP contribution is 2.35. The third-order valence-electron chi connectivity index (χ3n) is 4.70. The van der Waals surface area contributed by atoms with Gasteiger partial charge in [-0.1, -0.05) is 29.8 Å². The summed E-state index contributed by atoms with van der Waals surface area (Å²) in [6.45, 7) is 5.48. The fraction of sp³-hybridized carbons (Fsp3) is 0.174. The number of amides is 2. The molecule has 3 rings (SSSR count). The van der Waals surface area contributed by atoms with Gasteiger partial charge in [0.1, 0.15) is 5.00 Å². The number of aryl methyl sites for hydroxylation is 2. The molecule has 1 aromatic heterocycles. The maximum Gasteiger partial charge on any atom is 0.341 e. The molecule has 0 atom stereocenters. The van der Waals surface area contributed by atoms with Crippen LogP contribution < -0.4 is 10.6 Å². The summed E-state index contributed by atoms with van der Waals surface area (Å²) in [6.07, 6.45) is 0. The van der Waals surface area contributed by atoms with E-state index in [-0.39, 0.29) is 16.5 Å². The molecule has 0 aliphatic heterocycles. The van der Waals surface area contributed by atoms with Crippen LogP contribution in [0.5, 0.6) is 0 Å². The largest absolute Gasteiger partial charge is 0.465 e. The third-order valence-corrected chi connectivity index (χ3v) is 6.14. The number of carbonyl (C=O) groups is 3. The average Bonchev–Trinajstić information content (AvgIpc) is 3.06. The van der Waals surface area contributed by atoms with E-state index < -0.39 is 11.9 Å². The van der Waals surface area contributed by atoms with Crippen molar-refractivity contribution in [3.63, 3.8) is 0 Å². The first-order valence-electron chi connectivity index (χ1n) is 9.38. The standard InChI is InChI=1S/C23H21ClN2O4S/c1-12-8-9-13(2)17(10-12)25-21(28)19-14(3)18(23(29)30-4)22(31-19)26-20(27)15-6-5-7-16(24)11-15/h5-11H,1-4H3,(H,25,28)(H,26,27). The van der Waals surface area contributed by atoms with Crippen LogP contribution in [0.2, 0.25) is 5.02 Å². The Balaban J connectivity index is 1.96. The minimum Gasteiger partial charge on any atom is -0.465 e. The minimum absolute atomic E-state index is 0.147. The van der Waals surface area contributed by atoms with E-state index in [0.717, 1.165) is 22.5 Å². The van der Waals surface area contributed by atoms with Crippen LogP contribution in [-0.4, -0.2) is 24.9 Å². The Morgan fingerprint density at radius 3 is 2.39 bits per heavy atom. The number of ether oxygens (including phenoxy) is 1. The second-order valence-corrected chi connectivity index (χ2v) is 8.45. The van der Waals surface area contributed by atoms with Gasteiger partial charge in [-0.3, -0.25) is 9.59 Å². The number of methoxy groups -OCH3 is 1. The summed E-state index contributed by atoms with van der Waals surface area (Å²) in [5.74, 6) is -1.46. The predicted molar refractivity (Wildman–Crippen MR) is 124 cm³/mol. The molecule has 3 aromatic rings. The van der Waals surface area contributed by atoms with Gasteiger partial charge in [0.15, 0.2) is 0 Å². The highest BCUT2D eigenvalue weighted by atomic mass is 35.5. The lowest BCUT2D eigenvalue weighted by molar-refractivity contribution is 0.0601. The van der Waals surface area contributed by atoms with Crippen molar-refractivity contribution in [2.45, 2.75) is 20.8 Å². The van der Waals surface area contributed by atoms with Crippen LogP contribution in [-0.2, 0) is 4.74 Å². The highest BCUT2D eigenvalue weighted by molar-refractivity contribution is 7.19. The summed E-state index contributed by atoms with van der Waals surface area (Å²) in [7, 11) is 1.25. The smallest absolute Gasteiger partial charge is 0.341 e. The number of nitrogens with one attached hydrogen (secondary N) is 2. The second kappa shape index (κ2) is 9.32. The molecule has 160 valence electrons. The Morgan fingerprint density at radius 2 is 1.71 bits per heavy atom. The normalized spacial score (nSPS) is 10.5. The summed E-state index contributed by atoms with van der Waals surface area (Å²) in [5, 5.41) is 6.25. The zero-order valence-corrected chi connectivity index (χ0v) is 19.0. The van der Waals surface area contributed by atoms with Crippen LogP contribution in [0.1, 0.15) is 47.1 Å². The lowest BCUT2D eigenvalue weighted by Gasteiger charge is -2.09. The molecular formula is C23H21ClN2O4S. The van der Waals surface area contributed by atoms with Crippen molar-refractivity contribution in [2.24, 2.45) is 0 Å². The molecule has 8 heteroatoms. The van der Waals surface area contributed by atoms with Crippen LogP contribution in [0.15, 0.2) is 42.5 Å². The van der Waals surface area contributed by atoms with Crippen LogP contribution >= 0.6 is 22.9 Å². The topological polar surface area (TPSA) is 84.5 Å². The van der Waals surface area contributed by atoms with Crippen LogP contribution in [0.25, 0.3) is 0 Å². The zero-order valence-electron chi connectivity index (χ0n) is 17.5. The van der Waals surface area contributed by atoms with Gasteiger partial charge in [0, 0.05) is 16.3 Å². The molecule has 0 fully saturated rings. The molecule has 0 aliphatic carbocycles. The first-order chi connectivity index (χ1) is 14.7. The molecule has 2 amide bonds. The zero-order chi connectivity index (χ0) is 22.7. The van der Waals surface area contributed by atoms with Crippen molar-refractivity contribution in [1.82, 2.24) is 0 Å². The van der Waals surface area contributed by atoms with Crippen LogP contribution in [0, 0.1) is 20.8 Å². The van der Waals surface area contributed by atoms with E-state index >= 15 is 0 Å². The average molecular weight is 457 g/mol. The van der Waals surface area contributed by atoms with Crippen LogP contribution in [0.4, 0.5) is 10.7 Å². The van der Waals surface area contributed by atoms with E-state index in [0.29, 0.717) is 26.7 Å². The summed E-state index contributed by atoms with van der Waals surface area (Å²) < 4.78 is 4.87. The van der Waals surface area contributed by atoms with Gasteiger partial charge < -0.3 is 15.4 Å². The van der Waals surface area contributed by atoms with Gasteiger partial charge in [-0.25, -0.2) is 4.79 Å². The molecule has 2 N–H and O–H groups in total. The van der Waals surface area contributed by atoms with E-state index in [2.05, 4.69) is 10.6 Å². The molecule has 0 unspecified atom stereocenters. The van der Waals surface area contributed by atoms with Gasteiger partial charge >= 0.3 is 5.97 Å². The van der Waals surface area contributed by atoms with Crippen molar-refractivity contribution < 1.29 is 19.1 Å². The van der Waals surface area contributed by atoms with Gasteiger partial charge in [0.05, 0.1) is 17.6 Å². The van der Waals surface area contributed by atoms with Crippen LogP contribution in [0.3, 0.4) is 0 Å². The van der Waals surface area contributed by atoms with Gasteiger partial charge in [-0.2, -0.15) is 0 Å². The van der Waals surface area contributed by atoms with Crippen molar-refractivity contribution >= 4 is 51.4 Å². The van der Waals surface area contributed by atoms with Gasteiger partial charge in [0.2, 0.25) is 0 Å². The van der Waals surface area contributed by atoms with Gasteiger partial charge in [-0.15, -0.1) is 11.3 Å². The Bertz CT molecular complexity index is 1190. The van der Waals surface area contributed by atoms with E-state index in [9.17, 15) is 14.4 Å². The van der Waals surface area contributed by atoms with E-state index in [4.69, 9.17) is 16.3 Å². The Kier molecular flexibility index (Phi) is 6.77. The lowest BCUT2D eigenvalue weighted by atomic mass is 10.1. The maximum atomic E-state index is 13.0. The molecule has 0 radical (unpaired) electrons. The monoisotopic (exact) mass is 456 g/mol. The Hall–Kier alpha value is -3.16. The molecule has 1 heterocycles. The lowest BCUT2D eigenvalue weighted by Crippen LogP contribution is -2.14. The molecule has 6 nitrogen and oxygen atoms in total. The molecule has 0 bridgehead atoms. The Labute approximate surface area is 189 Å². The first kappa shape index (κ1) is 22.5. The quantitative estimate of drug-likeness (QED) is 0.488. The van der Waals surface area contributed by atoms with Crippen molar-refractivity contribution in [3.05, 3.63) is 80.2 Å². The second-order valence-electron chi connectivity index (χ2n) is 6.99. The molecular weight excluding hydrogens is 436 g/mol. The summed E-state index contributed by atoms with van der Waals surface area (Å²) in [4.78, 5) is 38.4. The number of benzene rings is 2. The van der Waals surface area contributed by atoms with E-state index in [1.165, 1.54) is 13.2 Å². The van der Waals surface area contributed by atoms with Crippen molar-refractivity contribution in [2.75, 3.05) is 17.7 Å². The summed E-state index contributed by atoms with van der Waals surface area (Å²) in [6, 6.07) is 12.2. The van der Waals surface area contributed by atoms with E-state index in [1.54, 1.807) is 25.1 Å². The van der Waals surface area contributed by atoms with E-state index in [1.807, 2.05) is 32.0 Å². The Morgan fingerprint density at radius 1 is 0.968 bits per heavy atom. The number of hydrogen-bond donors (Lipinski definition) is 2. The number of esters is 1. The maximum absolute atomic E-state index is 13.0. The number of halogens is 1. The van der Waals surface area contributed by atoms with Crippen molar-refractivity contribution in [3.8, 4) is 0 Å². The molecule has 31 heavy (non-hydrogen) atoms. The summed E-state index contributed by atoms with van der Waals surface area (Å²) >= 11 is 6.98. The fourth-order valence-electron chi connectivity index (χ4n) is 3.02. The fourth-order valence-corrected chi connectivity index (χ4v) is 4.30. The van der Waals surface area contributed by atoms with Gasteiger partial charge in [-0.05, 0) is 61.7 Å². The highest BCUT2D eigenvalue weighted by Gasteiger charge is 2.27. The SMILES string of the molecule is COC(=O)c1c(NC(=O)c2cccc(Cl)c2)sc(C(=O)Nc2cc(C)ccc2C)c1C. The number of anilines is 2. The van der Waals surface area contributed by atoms with Crippen molar-refractivity contribution in [1.29, 1.82) is 0 Å². The first-order valence-corrected chi connectivity index (χ1v) is 10.6. The summed E-state index contributed by atoms with van der Waals surface area (Å²) in [5.41, 5.74) is 3.51. The molecule has 0 aliphatic rings. The molecule has 2 aromatic carbocycles. The minimum atomic E-state index is -0.638.